The highest BCUT2D eigenvalue weighted by Gasteiger charge is 2.47. The van der Waals surface area contributed by atoms with Crippen molar-refractivity contribution in [3.05, 3.63) is 59.3 Å². The molecule has 34 heavy (non-hydrogen) atoms. The molecule has 3 atom stereocenters. The Morgan fingerprint density at radius 1 is 1.24 bits per heavy atom. The smallest absolute Gasteiger partial charge is 0.366 e. The van der Waals surface area contributed by atoms with E-state index in [0.717, 1.165) is 18.4 Å². The monoisotopic (exact) mass is 474 g/mol. The minimum atomic E-state index is -4.67. The third-order valence-electron chi connectivity index (χ3n) is 7.09. The summed E-state index contributed by atoms with van der Waals surface area (Å²) in [5.41, 5.74) is 2.23. The SMILES string of the molecule is CN(C(=O)[C@H]1CCC(=O)NC1)C(c1ccc(N[C@H]2Cc3ccccc3C2(C)C)nc1)C(F)(F)F. The molecule has 1 unspecified atom stereocenters. The molecule has 0 radical (unpaired) electrons. The van der Waals surface area contributed by atoms with Gasteiger partial charge >= 0.3 is 6.18 Å². The number of rotatable bonds is 5. The molecule has 1 saturated heterocycles. The maximum absolute atomic E-state index is 14.0. The molecule has 4 rings (SSSR count). The van der Waals surface area contributed by atoms with Crippen LogP contribution in [-0.2, 0) is 21.4 Å². The van der Waals surface area contributed by atoms with E-state index in [1.54, 1.807) is 0 Å². The van der Waals surface area contributed by atoms with Gasteiger partial charge in [0.05, 0.1) is 5.92 Å². The maximum Gasteiger partial charge on any atom is 0.413 e. The molecule has 2 aromatic rings. The van der Waals surface area contributed by atoms with Gasteiger partial charge in [-0.3, -0.25) is 9.59 Å². The van der Waals surface area contributed by atoms with Crippen molar-refractivity contribution >= 4 is 17.6 Å². The number of hydrogen-bond acceptors (Lipinski definition) is 4. The van der Waals surface area contributed by atoms with E-state index in [2.05, 4.69) is 41.6 Å². The lowest BCUT2D eigenvalue weighted by atomic mass is 9.83. The number of anilines is 1. The van der Waals surface area contributed by atoms with Crippen molar-refractivity contribution in [1.29, 1.82) is 0 Å². The Hall–Kier alpha value is -3.10. The summed E-state index contributed by atoms with van der Waals surface area (Å²) in [6, 6.07) is 9.03. The van der Waals surface area contributed by atoms with E-state index in [9.17, 15) is 22.8 Å². The maximum atomic E-state index is 14.0. The summed E-state index contributed by atoms with van der Waals surface area (Å²) >= 11 is 0. The lowest BCUT2D eigenvalue weighted by Gasteiger charge is -2.34. The normalized spacial score (nSPS) is 22.5. The van der Waals surface area contributed by atoms with Crippen LogP contribution < -0.4 is 10.6 Å². The summed E-state index contributed by atoms with van der Waals surface area (Å²) in [6.45, 7) is 4.32. The van der Waals surface area contributed by atoms with Gasteiger partial charge in [0, 0.05) is 43.2 Å². The quantitative estimate of drug-likeness (QED) is 0.688. The number of benzene rings is 1. The molecule has 2 aliphatic rings. The molecule has 1 aromatic heterocycles. The van der Waals surface area contributed by atoms with Gasteiger partial charge in [-0.05, 0) is 30.0 Å². The Balaban J connectivity index is 1.50. The standard InChI is InChI=1S/C25H29F3N4O2/c1-24(2)18-7-5-4-6-15(18)12-19(24)31-20-10-8-16(13-29-20)22(25(26,27)28)32(3)23(34)17-9-11-21(33)30-14-17/h4-8,10,13,17,19,22H,9,11-12,14H2,1-3H3,(H,29,31)(H,30,33)/t17-,19-,22?/m0/s1. The fourth-order valence-corrected chi connectivity index (χ4v) is 5.04. The Bertz CT molecular complexity index is 1060. The van der Waals surface area contributed by atoms with Crippen molar-refractivity contribution in [1.82, 2.24) is 15.2 Å². The summed E-state index contributed by atoms with van der Waals surface area (Å²) in [7, 11) is 1.15. The Morgan fingerprint density at radius 2 is 1.97 bits per heavy atom. The summed E-state index contributed by atoms with van der Waals surface area (Å²) in [5.74, 6) is -1.03. The Morgan fingerprint density at radius 3 is 2.56 bits per heavy atom. The van der Waals surface area contributed by atoms with Crippen LogP contribution in [0.1, 0.15) is 49.4 Å². The molecule has 1 aliphatic heterocycles. The van der Waals surface area contributed by atoms with Gasteiger partial charge < -0.3 is 15.5 Å². The predicted octanol–water partition coefficient (Wildman–Crippen LogP) is 3.98. The number of carbonyl (C=O) groups is 2. The van der Waals surface area contributed by atoms with Crippen LogP contribution >= 0.6 is 0 Å². The zero-order valence-corrected chi connectivity index (χ0v) is 19.4. The Labute approximate surface area is 196 Å². The molecule has 1 aliphatic carbocycles. The topological polar surface area (TPSA) is 74.3 Å². The van der Waals surface area contributed by atoms with Gasteiger partial charge in [-0.1, -0.05) is 44.2 Å². The third-order valence-corrected chi connectivity index (χ3v) is 7.09. The van der Waals surface area contributed by atoms with E-state index >= 15 is 0 Å². The first-order valence-corrected chi connectivity index (χ1v) is 11.4. The van der Waals surface area contributed by atoms with Crippen molar-refractivity contribution in [2.45, 2.75) is 56.8 Å². The molecule has 0 saturated carbocycles. The van der Waals surface area contributed by atoms with Crippen molar-refractivity contribution in [3.63, 3.8) is 0 Å². The first-order chi connectivity index (χ1) is 16.0. The lowest BCUT2D eigenvalue weighted by Crippen LogP contribution is -2.47. The number of fused-ring (bicyclic) bond motifs is 1. The average molecular weight is 475 g/mol. The summed E-state index contributed by atoms with van der Waals surface area (Å²) in [5, 5.41) is 5.93. The number of halogens is 3. The molecular weight excluding hydrogens is 445 g/mol. The number of nitrogens with one attached hydrogen (secondary N) is 2. The number of alkyl halides is 3. The van der Waals surface area contributed by atoms with E-state index in [1.807, 2.05) is 12.1 Å². The van der Waals surface area contributed by atoms with Gasteiger partial charge in [0.2, 0.25) is 11.8 Å². The second-order valence-corrected chi connectivity index (χ2v) is 9.69. The number of hydrogen-bond donors (Lipinski definition) is 2. The van der Waals surface area contributed by atoms with Crippen LogP contribution in [0.25, 0.3) is 0 Å². The third kappa shape index (κ3) is 4.60. The molecule has 2 heterocycles. The van der Waals surface area contributed by atoms with Crippen molar-refractivity contribution in [3.8, 4) is 0 Å². The molecule has 0 bridgehead atoms. The van der Waals surface area contributed by atoms with E-state index in [4.69, 9.17) is 0 Å². The van der Waals surface area contributed by atoms with Crippen LogP contribution in [0.4, 0.5) is 19.0 Å². The summed E-state index contributed by atoms with van der Waals surface area (Å²) < 4.78 is 42.1. The van der Waals surface area contributed by atoms with Crippen LogP contribution in [0.15, 0.2) is 42.6 Å². The molecule has 9 heteroatoms. The molecule has 182 valence electrons. The molecule has 2 N–H and O–H groups in total. The van der Waals surface area contributed by atoms with Crippen molar-refractivity contribution in [2.24, 2.45) is 5.92 Å². The van der Waals surface area contributed by atoms with E-state index in [-0.39, 0.29) is 42.3 Å². The summed E-state index contributed by atoms with van der Waals surface area (Å²) in [6.07, 6.45) is -2.33. The van der Waals surface area contributed by atoms with Crippen LogP contribution in [0.5, 0.6) is 0 Å². The van der Waals surface area contributed by atoms with E-state index in [1.165, 1.54) is 29.5 Å². The number of pyridine rings is 1. The van der Waals surface area contributed by atoms with Crippen molar-refractivity contribution < 1.29 is 22.8 Å². The highest BCUT2D eigenvalue weighted by Crippen LogP contribution is 2.41. The molecular formula is C25H29F3N4O2. The van der Waals surface area contributed by atoms with Gasteiger partial charge in [-0.2, -0.15) is 13.2 Å². The molecule has 1 fully saturated rings. The number of nitrogens with zero attached hydrogens (tertiary/aromatic N) is 2. The first kappa shape index (κ1) is 24.0. The van der Waals surface area contributed by atoms with Crippen LogP contribution in [-0.4, -0.2) is 47.5 Å². The Kier molecular flexibility index (Phi) is 6.31. The highest BCUT2D eigenvalue weighted by molar-refractivity contribution is 5.84. The number of aromatic nitrogens is 1. The van der Waals surface area contributed by atoms with Crippen LogP contribution in [0.3, 0.4) is 0 Å². The summed E-state index contributed by atoms with van der Waals surface area (Å²) in [4.78, 5) is 29.1. The van der Waals surface area contributed by atoms with Gasteiger partial charge in [0.25, 0.3) is 0 Å². The fraction of sp³-hybridized carbons (Fsp3) is 0.480. The molecule has 6 nitrogen and oxygen atoms in total. The van der Waals surface area contributed by atoms with Gasteiger partial charge in [-0.25, -0.2) is 4.98 Å². The van der Waals surface area contributed by atoms with Gasteiger partial charge in [0.1, 0.15) is 5.82 Å². The van der Waals surface area contributed by atoms with E-state index < -0.39 is 24.0 Å². The number of amides is 2. The van der Waals surface area contributed by atoms with Gasteiger partial charge in [0.15, 0.2) is 6.04 Å². The molecule has 2 amide bonds. The lowest BCUT2D eigenvalue weighted by molar-refractivity contribution is -0.190. The minimum Gasteiger partial charge on any atom is -0.366 e. The average Bonchev–Trinajstić information content (AvgIpc) is 3.04. The molecule has 1 aromatic carbocycles. The fourth-order valence-electron chi connectivity index (χ4n) is 5.04. The second kappa shape index (κ2) is 8.92. The van der Waals surface area contributed by atoms with Crippen LogP contribution in [0.2, 0.25) is 0 Å². The van der Waals surface area contributed by atoms with E-state index in [0.29, 0.717) is 5.82 Å². The largest absolute Gasteiger partial charge is 0.413 e. The van der Waals surface area contributed by atoms with Gasteiger partial charge in [-0.15, -0.1) is 0 Å². The second-order valence-electron chi connectivity index (χ2n) is 9.69. The predicted molar refractivity (Wildman–Crippen MR) is 122 cm³/mol. The minimum absolute atomic E-state index is 0.0485. The zero-order valence-electron chi connectivity index (χ0n) is 19.4. The molecule has 0 spiro atoms. The van der Waals surface area contributed by atoms with Crippen LogP contribution in [0, 0.1) is 5.92 Å². The number of carbonyl (C=O) groups excluding carboxylic acids is 2. The zero-order chi connectivity index (χ0) is 24.7. The highest BCUT2D eigenvalue weighted by atomic mass is 19.4. The number of piperidine rings is 1. The first-order valence-electron chi connectivity index (χ1n) is 11.4. The van der Waals surface area contributed by atoms with Crippen molar-refractivity contribution in [2.75, 3.05) is 18.9 Å².